The van der Waals surface area contributed by atoms with Gasteiger partial charge in [0, 0.05) is 9.86 Å². The summed E-state index contributed by atoms with van der Waals surface area (Å²) < 4.78 is 1.06. The summed E-state index contributed by atoms with van der Waals surface area (Å²) in [7, 11) is 0. The van der Waals surface area contributed by atoms with Crippen molar-refractivity contribution >= 4 is 32.7 Å². The molecule has 0 fully saturated rings. The van der Waals surface area contributed by atoms with Crippen molar-refractivity contribution in [1.82, 2.24) is 10.2 Å². The number of aromatic amines is 1. The highest BCUT2D eigenvalue weighted by Gasteiger charge is 2.03. The van der Waals surface area contributed by atoms with Gasteiger partial charge in [-0.3, -0.25) is 5.10 Å². The van der Waals surface area contributed by atoms with Crippen molar-refractivity contribution in [3.05, 3.63) is 22.2 Å². The third kappa shape index (κ3) is 0.992. The van der Waals surface area contributed by atoms with Gasteiger partial charge in [-0.1, -0.05) is 15.9 Å². The molecular formula is C8H8BrN3. The van der Waals surface area contributed by atoms with Gasteiger partial charge in [0.1, 0.15) is 0 Å². The average molecular weight is 226 g/mol. The fraction of sp³-hybridized carbons (Fsp3) is 0.125. The van der Waals surface area contributed by atoms with Gasteiger partial charge >= 0.3 is 0 Å². The van der Waals surface area contributed by atoms with Crippen LogP contribution in [0.4, 0.5) is 5.82 Å². The smallest absolute Gasteiger partial charge is 0.153 e. The van der Waals surface area contributed by atoms with Gasteiger partial charge in [-0.05, 0) is 24.6 Å². The summed E-state index contributed by atoms with van der Waals surface area (Å²) in [6.07, 6.45) is 0. The molecule has 3 N–H and O–H groups in total. The molecule has 0 amide bonds. The summed E-state index contributed by atoms with van der Waals surface area (Å²) in [4.78, 5) is 0. The molecule has 2 rings (SSSR count). The molecule has 2 aromatic rings. The molecular weight excluding hydrogens is 218 g/mol. The molecule has 3 nitrogen and oxygen atoms in total. The first-order valence-electron chi connectivity index (χ1n) is 3.58. The van der Waals surface area contributed by atoms with E-state index in [0.717, 1.165) is 15.4 Å². The molecule has 1 heterocycles. The number of hydrogen-bond donors (Lipinski definition) is 2. The highest BCUT2D eigenvalue weighted by molar-refractivity contribution is 9.10. The number of rotatable bonds is 0. The maximum atomic E-state index is 5.63. The minimum atomic E-state index is 0.547. The second kappa shape index (κ2) is 2.48. The zero-order valence-electron chi connectivity index (χ0n) is 6.56. The fourth-order valence-corrected chi connectivity index (χ4v) is 1.51. The molecule has 0 unspecified atom stereocenters. The molecule has 0 atom stereocenters. The Bertz CT molecular complexity index is 433. The highest BCUT2D eigenvalue weighted by atomic mass is 79.9. The fourth-order valence-electron chi connectivity index (χ4n) is 1.17. The van der Waals surface area contributed by atoms with Gasteiger partial charge in [0.05, 0.1) is 5.52 Å². The van der Waals surface area contributed by atoms with E-state index in [-0.39, 0.29) is 0 Å². The summed E-state index contributed by atoms with van der Waals surface area (Å²) in [5.41, 5.74) is 7.78. The van der Waals surface area contributed by atoms with Crippen LogP contribution in [0.15, 0.2) is 16.6 Å². The lowest BCUT2D eigenvalue weighted by molar-refractivity contribution is 1.13. The lowest BCUT2D eigenvalue weighted by atomic mass is 10.2. The lowest BCUT2D eigenvalue weighted by Crippen LogP contribution is -1.83. The van der Waals surface area contributed by atoms with Crippen molar-refractivity contribution in [1.29, 1.82) is 0 Å². The van der Waals surface area contributed by atoms with Crippen LogP contribution in [-0.2, 0) is 0 Å². The summed E-state index contributed by atoms with van der Waals surface area (Å²) in [5, 5.41) is 7.74. The number of anilines is 1. The topological polar surface area (TPSA) is 54.7 Å². The van der Waals surface area contributed by atoms with Gasteiger partial charge < -0.3 is 5.73 Å². The summed E-state index contributed by atoms with van der Waals surface area (Å²) in [6.45, 7) is 2.03. The number of nitrogen functional groups attached to an aromatic ring is 1. The molecule has 1 aromatic heterocycles. The Hall–Kier alpha value is -1.03. The number of nitrogens with one attached hydrogen (secondary N) is 1. The first-order chi connectivity index (χ1) is 5.68. The number of H-pyrrole nitrogens is 1. The Morgan fingerprint density at radius 3 is 3.00 bits per heavy atom. The molecule has 12 heavy (non-hydrogen) atoms. The van der Waals surface area contributed by atoms with Gasteiger partial charge in [0.25, 0.3) is 0 Å². The van der Waals surface area contributed by atoms with Gasteiger partial charge in [0.15, 0.2) is 5.82 Å². The third-order valence-electron chi connectivity index (χ3n) is 1.87. The molecule has 0 saturated heterocycles. The van der Waals surface area contributed by atoms with Crippen LogP contribution in [-0.4, -0.2) is 10.2 Å². The summed E-state index contributed by atoms with van der Waals surface area (Å²) in [5.74, 6) is 0.547. The van der Waals surface area contributed by atoms with E-state index in [2.05, 4.69) is 26.1 Å². The molecule has 0 spiro atoms. The monoisotopic (exact) mass is 225 g/mol. The van der Waals surface area contributed by atoms with Crippen molar-refractivity contribution in [2.24, 2.45) is 0 Å². The van der Waals surface area contributed by atoms with Gasteiger partial charge in [-0.25, -0.2) is 0 Å². The molecule has 0 aliphatic heterocycles. The van der Waals surface area contributed by atoms with Crippen molar-refractivity contribution in [2.75, 3.05) is 5.73 Å². The normalized spacial score (nSPS) is 10.8. The van der Waals surface area contributed by atoms with Crippen LogP contribution in [0.2, 0.25) is 0 Å². The first kappa shape index (κ1) is 7.61. The van der Waals surface area contributed by atoms with Crippen LogP contribution in [0.25, 0.3) is 10.9 Å². The molecule has 4 heteroatoms. The van der Waals surface area contributed by atoms with E-state index in [4.69, 9.17) is 5.73 Å². The predicted octanol–water partition coefficient (Wildman–Crippen LogP) is 2.22. The van der Waals surface area contributed by atoms with Crippen molar-refractivity contribution < 1.29 is 0 Å². The van der Waals surface area contributed by atoms with Crippen molar-refractivity contribution in [2.45, 2.75) is 6.92 Å². The number of aromatic nitrogens is 2. The van der Waals surface area contributed by atoms with E-state index < -0.39 is 0 Å². The maximum Gasteiger partial charge on any atom is 0.153 e. The second-order valence-corrected chi connectivity index (χ2v) is 3.61. The standard InChI is InChI=1S/C8H8BrN3/c1-4-2-7-5(3-6(4)9)8(10)12-11-7/h2-3H,1H3,(H3,10,11,12). The van der Waals surface area contributed by atoms with Crippen LogP contribution < -0.4 is 5.73 Å². The zero-order chi connectivity index (χ0) is 8.72. The number of halogens is 1. The Balaban J connectivity index is 2.87. The van der Waals surface area contributed by atoms with Gasteiger partial charge in [0.2, 0.25) is 0 Å². The minimum absolute atomic E-state index is 0.547. The highest BCUT2D eigenvalue weighted by Crippen LogP contribution is 2.25. The Labute approximate surface area is 78.1 Å². The molecule has 1 aromatic carbocycles. The maximum absolute atomic E-state index is 5.63. The van der Waals surface area contributed by atoms with Crippen LogP contribution in [0.3, 0.4) is 0 Å². The van der Waals surface area contributed by atoms with E-state index in [9.17, 15) is 0 Å². The largest absolute Gasteiger partial charge is 0.382 e. The lowest BCUT2D eigenvalue weighted by Gasteiger charge is -1.96. The molecule has 0 aliphatic carbocycles. The number of nitrogens with zero attached hydrogens (tertiary/aromatic N) is 1. The first-order valence-corrected chi connectivity index (χ1v) is 4.37. The SMILES string of the molecule is Cc1cc2[nH]nc(N)c2cc1Br. The minimum Gasteiger partial charge on any atom is -0.382 e. The number of benzene rings is 1. The van der Waals surface area contributed by atoms with Crippen LogP contribution >= 0.6 is 15.9 Å². The zero-order valence-corrected chi connectivity index (χ0v) is 8.14. The Morgan fingerprint density at radius 2 is 2.25 bits per heavy atom. The van der Waals surface area contributed by atoms with Crippen LogP contribution in [0.5, 0.6) is 0 Å². The Kier molecular flexibility index (Phi) is 1.58. The molecule has 0 aliphatic rings. The molecule has 0 radical (unpaired) electrons. The quantitative estimate of drug-likeness (QED) is 0.723. The molecule has 0 saturated carbocycles. The number of hydrogen-bond acceptors (Lipinski definition) is 2. The van der Waals surface area contributed by atoms with E-state index in [1.807, 2.05) is 19.1 Å². The Morgan fingerprint density at radius 1 is 1.50 bits per heavy atom. The van der Waals surface area contributed by atoms with E-state index >= 15 is 0 Å². The van der Waals surface area contributed by atoms with Crippen molar-refractivity contribution in [3.63, 3.8) is 0 Å². The van der Waals surface area contributed by atoms with Crippen LogP contribution in [0, 0.1) is 6.92 Å². The van der Waals surface area contributed by atoms with E-state index in [0.29, 0.717) is 5.82 Å². The van der Waals surface area contributed by atoms with Gasteiger partial charge in [-0.2, -0.15) is 5.10 Å². The number of aryl methyl sites for hydroxylation is 1. The summed E-state index contributed by atoms with van der Waals surface area (Å²) >= 11 is 3.44. The third-order valence-corrected chi connectivity index (χ3v) is 2.73. The number of fused-ring (bicyclic) bond motifs is 1. The predicted molar refractivity (Wildman–Crippen MR) is 52.9 cm³/mol. The molecule has 62 valence electrons. The van der Waals surface area contributed by atoms with E-state index in [1.54, 1.807) is 0 Å². The van der Waals surface area contributed by atoms with E-state index in [1.165, 1.54) is 5.56 Å². The number of nitrogens with two attached hydrogens (primary N) is 1. The average Bonchev–Trinajstić information content (AvgIpc) is 2.35. The summed E-state index contributed by atoms with van der Waals surface area (Å²) in [6, 6.07) is 3.99. The second-order valence-electron chi connectivity index (χ2n) is 2.76. The van der Waals surface area contributed by atoms with Crippen molar-refractivity contribution in [3.8, 4) is 0 Å². The van der Waals surface area contributed by atoms with Crippen LogP contribution in [0.1, 0.15) is 5.56 Å². The molecule has 0 bridgehead atoms. The van der Waals surface area contributed by atoms with Gasteiger partial charge in [-0.15, -0.1) is 0 Å².